The van der Waals surface area contributed by atoms with E-state index < -0.39 is 5.60 Å². The molecule has 3 rings (SSSR count). The Labute approximate surface area is 119 Å². The number of hydrogen-bond acceptors (Lipinski definition) is 4. The van der Waals surface area contributed by atoms with Crippen molar-refractivity contribution in [2.45, 2.75) is 25.0 Å². The lowest BCUT2D eigenvalue weighted by atomic mass is 9.87. The highest BCUT2D eigenvalue weighted by molar-refractivity contribution is 5.18. The molecule has 4 heteroatoms. The van der Waals surface area contributed by atoms with Crippen LogP contribution in [-0.2, 0) is 12.1 Å². The minimum atomic E-state index is -0.825. The fourth-order valence-corrected chi connectivity index (χ4v) is 2.87. The standard InChI is InChI=1S/C16H19N3O/c20-16(15-9-17-13-18-10-15)7-4-8-19(12-16)11-14-5-2-1-3-6-14/h1-3,5-6,9-10,13,20H,4,7-8,11-12H2. The first-order valence-corrected chi connectivity index (χ1v) is 7.00. The highest BCUT2D eigenvalue weighted by Crippen LogP contribution is 2.31. The first-order valence-electron chi connectivity index (χ1n) is 7.00. The number of rotatable bonds is 3. The summed E-state index contributed by atoms with van der Waals surface area (Å²) in [5.74, 6) is 0. The van der Waals surface area contributed by atoms with Crippen molar-refractivity contribution in [1.29, 1.82) is 0 Å². The molecule has 1 N–H and O–H groups in total. The van der Waals surface area contributed by atoms with Gasteiger partial charge < -0.3 is 5.11 Å². The first-order chi connectivity index (χ1) is 9.76. The van der Waals surface area contributed by atoms with Crippen LogP contribution in [0.5, 0.6) is 0 Å². The Kier molecular flexibility index (Phi) is 3.76. The number of piperidine rings is 1. The summed E-state index contributed by atoms with van der Waals surface area (Å²) in [6, 6.07) is 10.4. The van der Waals surface area contributed by atoms with Crippen LogP contribution in [0.25, 0.3) is 0 Å². The van der Waals surface area contributed by atoms with Crippen LogP contribution in [-0.4, -0.2) is 33.1 Å². The van der Waals surface area contributed by atoms with Crippen LogP contribution in [0.3, 0.4) is 0 Å². The molecule has 1 atom stereocenters. The molecule has 1 aliphatic rings. The van der Waals surface area contributed by atoms with Gasteiger partial charge in [-0.15, -0.1) is 0 Å². The molecular formula is C16H19N3O. The van der Waals surface area contributed by atoms with Gasteiger partial charge in [-0.3, -0.25) is 4.90 Å². The van der Waals surface area contributed by atoms with Gasteiger partial charge >= 0.3 is 0 Å². The summed E-state index contributed by atoms with van der Waals surface area (Å²) in [6.07, 6.45) is 6.69. The SMILES string of the molecule is OC1(c2cncnc2)CCCN(Cc2ccccc2)C1. The predicted octanol–water partition coefficient (Wildman–Crippen LogP) is 1.96. The molecule has 1 aliphatic heterocycles. The van der Waals surface area contributed by atoms with Crippen LogP contribution in [0.1, 0.15) is 24.0 Å². The Bertz CT molecular complexity index is 546. The molecule has 0 spiro atoms. The van der Waals surface area contributed by atoms with Gasteiger partial charge in [0.05, 0.1) is 0 Å². The number of aromatic nitrogens is 2. The second-order valence-electron chi connectivity index (χ2n) is 5.46. The van der Waals surface area contributed by atoms with E-state index in [9.17, 15) is 5.11 Å². The molecule has 0 radical (unpaired) electrons. The molecule has 1 fully saturated rings. The molecule has 20 heavy (non-hydrogen) atoms. The Morgan fingerprint density at radius 2 is 1.90 bits per heavy atom. The number of hydrogen-bond donors (Lipinski definition) is 1. The summed E-state index contributed by atoms with van der Waals surface area (Å²) >= 11 is 0. The van der Waals surface area contributed by atoms with Gasteiger partial charge in [0.1, 0.15) is 11.9 Å². The molecule has 0 amide bonds. The smallest absolute Gasteiger partial charge is 0.115 e. The zero-order valence-corrected chi connectivity index (χ0v) is 11.4. The Hall–Kier alpha value is -1.78. The molecule has 2 aromatic rings. The lowest BCUT2D eigenvalue weighted by Crippen LogP contribution is -2.45. The molecule has 2 heterocycles. The van der Waals surface area contributed by atoms with E-state index in [1.807, 2.05) is 6.07 Å². The largest absolute Gasteiger partial charge is 0.384 e. The number of β-amino-alcohol motifs (C(OH)–C–C–N with tert-alkyl or cyclic N) is 1. The summed E-state index contributed by atoms with van der Waals surface area (Å²) in [6.45, 7) is 2.52. The summed E-state index contributed by atoms with van der Waals surface area (Å²) in [7, 11) is 0. The van der Waals surface area contributed by atoms with Crippen LogP contribution < -0.4 is 0 Å². The number of nitrogens with zero attached hydrogens (tertiary/aromatic N) is 3. The molecule has 1 aromatic carbocycles. The number of aliphatic hydroxyl groups is 1. The highest BCUT2D eigenvalue weighted by atomic mass is 16.3. The Balaban J connectivity index is 1.73. The van der Waals surface area contributed by atoms with Gasteiger partial charge in [0, 0.05) is 31.0 Å². The molecule has 1 unspecified atom stereocenters. The zero-order chi connectivity index (χ0) is 13.8. The van der Waals surface area contributed by atoms with E-state index in [4.69, 9.17) is 0 Å². The van der Waals surface area contributed by atoms with Crippen LogP contribution in [0.4, 0.5) is 0 Å². The molecule has 0 bridgehead atoms. The van der Waals surface area contributed by atoms with Gasteiger partial charge in [-0.1, -0.05) is 30.3 Å². The van der Waals surface area contributed by atoms with Crippen molar-refractivity contribution in [3.8, 4) is 0 Å². The van der Waals surface area contributed by atoms with Gasteiger partial charge in [0.2, 0.25) is 0 Å². The highest BCUT2D eigenvalue weighted by Gasteiger charge is 2.35. The lowest BCUT2D eigenvalue weighted by molar-refractivity contribution is -0.0386. The van der Waals surface area contributed by atoms with E-state index in [1.54, 1.807) is 12.4 Å². The van der Waals surface area contributed by atoms with Gasteiger partial charge in [0.25, 0.3) is 0 Å². The first kappa shape index (κ1) is 13.2. The van der Waals surface area contributed by atoms with Crippen LogP contribution in [0.2, 0.25) is 0 Å². The van der Waals surface area contributed by atoms with Crippen molar-refractivity contribution in [2.75, 3.05) is 13.1 Å². The van der Waals surface area contributed by atoms with Crippen molar-refractivity contribution in [3.63, 3.8) is 0 Å². The molecule has 0 aliphatic carbocycles. The van der Waals surface area contributed by atoms with Gasteiger partial charge in [0.15, 0.2) is 0 Å². The van der Waals surface area contributed by atoms with Crippen LogP contribution in [0, 0.1) is 0 Å². The summed E-state index contributed by atoms with van der Waals surface area (Å²) < 4.78 is 0. The maximum atomic E-state index is 10.9. The van der Waals surface area contributed by atoms with Crippen molar-refractivity contribution in [1.82, 2.24) is 14.9 Å². The summed E-state index contributed by atoms with van der Waals surface area (Å²) in [5, 5.41) is 10.9. The molecule has 4 nitrogen and oxygen atoms in total. The Morgan fingerprint density at radius 1 is 1.15 bits per heavy atom. The van der Waals surface area contributed by atoms with E-state index in [0.717, 1.165) is 31.5 Å². The molecule has 104 valence electrons. The monoisotopic (exact) mass is 269 g/mol. The van der Waals surface area contributed by atoms with E-state index in [0.29, 0.717) is 6.54 Å². The lowest BCUT2D eigenvalue weighted by Gasteiger charge is -2.39. The average Bonchev–Trinajstić information content (AvgIpc) is 2.49. The van der Waals surface area contributed by atoms with E-state index in [1.165, 1.54) is 11.9 Å². The third kappa shape index (κ3) is 2.86. The topological polar surface area (TPSA) is 49.3 Å². The van der Waals surface area contributed by atoms with Crippen LogP contribution >= 0.6 is 0 Å². The van der Waals surface area contributed by atoms with E-state index >= 15 is 0 Å². The summed E-state index contributed by atoms with van der Waals surface area (Å²) in [4.78, 5) is 10.3. The second-order valence-corrected chi connectivity index (χ2v) is 5.46. The summed E-state index contributed by atoms with van der Waals surface area (Å²) in [5.41, 5.74) is 1.27. The van der Waals surface area contributed by atoms with Crippen molar-refractivity contribution >= 4 is 0 Å². The third-order valence-electron chi connectivity index (χ3n) is 3.90. The zero-order valence-electron chi connectivity index (χ0n) is 11.4. The van der Waals surface area contributed by atoms with Crippen molar-refractivity contribution in [2.24, 2.45) is 0 Å². The Morgan fingerprint density at radius 3 is 2.65 bits per heavy atom. The maximum absolute atomic E-state index is 10.9. The van der Waals surface area contributed by atoms with Gasteiger partial charge in [-0.05, 0) is 24.9 Å². The maximum Gasteiger partial charge on any atom is 0.115 e. The predicted molar refractivity (Wildman–Crippen MR) is 76.9 cm³/mol. The van der Waals surface area contributed by atoms with Crippen molar-refractivity contribution < 1.29 is 5.11 Å². The molecule has 1 aromatic heterocycles. The normalized spacial score (nSPS) is 23.6. The second kappa shape index (κ2) is 5.69. The minimum absolute atomic E-state index is 0.634. The quantitative estimate of drug-likeness (QED) is 0.925. The number of benzene rings is 1. The number of likely N-dealkylation sites (tertiary alicyclic amines) is 1. The van der Waals surface area contributed by atoms with E-state index in [2.05, 4.69) is 39.1 Å². The molecule has 0 saturated carbocycles. The third-order valence-corrected chi connectivity index (χ3v) is 3.90. The van der Waals surface area contributed by atoms with E-state index in [-0.39, 0.29) is 0 Å². The fourth-order valence-electron chi connectivity index (χ4n) is 2.87. The molecular weight excluding hydrogens is 250 g/mol. The van der Waals surface area contributed by atoms with Crippen molar-refractivity contribution in [3.05, 3.63) is 60.2 Å². The van der Waals surface area contributed by atoms with Gasteiger partial charge in [-0.25, -0.2) is 9.97 Å². The molecule has 1 saturated heterocycles. The minimum Gasteiger partial charge on any atom is -0.384 e. The average molecular weight is 269 g/mol. The van der Waals surface area contributed by atoms with Crippen LogP contribution in [0.15, 0.2) is 49.1 Å². The fraction of sp³-hybridized carbons (Fsp3) is 0.375. The van der Waals surface area contributed by atoms with Gasteiger partial charge in [-0.2, -0.15) is 0 Å².